The van der Waals surface area contributed by atoms with Gasteiger partial charge in [0.05, 0.1) is 31.3 Å². The average molecular weight is 375 g/mol. The van der Waals surface area contributed by atoms with E-state index in [2.05, 4.69) is 19.8 Å². The lowest BCUT2D eigenvalue weighted by atomic mass is 10.2. The number of rotatable bonds is 5. The van der Waals surface area contributed by atoms with Crippen LogP contribution in [0.2, 0.25) is 0 Å². The second-order valence-corrected chi connectivity index (χ2v) is 7.58. The van der Waals surface area contributed by atoms with Crippen molar-refractivity contribution in [3.05, 3.63) is 42.4 Å². The fourth-order valence-corrected chi connectivity index (χ4v) is 3.84. The minimum atomic E-state index is -3.67. The van der Waals surface area contributed by atoms with E-state index in [-0.39, 0.29) is 5.75 Å². The number of aromatic nitrogens is 3. The van der Waals surface area contributed by atoms with Crippen molar-refractivity contribution in [2.75, 3.05) is 35.9 Å². The normalized spacial score (nSPS) is 15.3. The van der Waals surface area contributed by atoms with Crippen LogP contribution < -0.4 is 9.62 Å². The first-order valence-electron chi connectivity index (χ1n) is 8.09. The van der Waals surface area contributed by atoms with Crippen molar-refractivity contribution in [2.24, 2.45) is 0 Å². The Morgan fingerprint density at radius 1 is 1.12 bits per heavy atom. The van der Waals surface area contributed by atoms with Gasteiger partial charge in [-0.25, -0.2) is 18.4 Å². The predicted octanol–water partition coefficient (Wildman–Crippen LogP) is 1.40. The summed E-state index contributed by atoms with van der Waals surface area (Å²) in [6.45, 7) is 2.68. The molecule has 9 nitrogen and oxygen atoms in total. The summed E-state index contributed by atoms with van der Waals surface area (Å²) in [7, 11) is -3.67. The number of benzene rings is 1. The highest BCUT2D eigenvalue weighted by Gasteiger charge is 2.19. The van der Waals surface area contributed by atoms with Gasteiger partial charge in [-0.3, -0.25) is 4.72 Å². The molecule has 1 aliphatic heterocycles. The molecule has 0 aliphatic carbocycles. The summed E-state index contributed by atoms with van der Waals surface area (Å²) in [5.41, 5.74) is 1.21. The molecule has 0 saturated carbocycles. The Balaban J connectivity index is 1.47. The number of ether oxygens (including phenoxy) is 1. The van der Waals surface area contributed by atoms with Crippen molar-refractivity contribution in [3.63, 3.8) is 0 Å². The van der Waals surface area contributed by atoms with Crippen LogP contribution in [0.5, 0.6) is 0 Å². The Morgan fingerprint density at radius 2 is 1.85 bits per heavy atom. The lowest BCUT2D eigenvalue weighted by Crippen LogP contribution is -2.37. The van der Waals surface area contributed by atoms with Gasteiger partial charge in [-0.05, 0) is 12.1 Å². The summed E-state index contributed by atoms with van der Waals surface area (Å²) >= 11 is 0. The van der Waals surface area contributed by atoms with Crippen LogP contribution in [0, 0.1) is 0 Å². The number of hydrogen-bond acceptors (Lipinski definition) is 8. The molecule has 2 aromatic heterocycles. The van der Waals surface area contributed by atoms with E-state index in [9.17, 15) is 8.42 Å². The molecule has 3 heterocycles. The monoisotopic (exact) mass is 375 g/mol. The van der Waals surface area contributed by atoms with Crippen molar-refractivity contribution in [3.8, 4) is 0 Å². The number of hydrogen-bond donors (Lipinski definition) is 1. The molecule has 26 heavy (non-hydrogen) atoms. The highest BCUT2D eigenvalue weighted by atomic mass is 32.2. The first-order chi connectivity index (χ1) is 12.6. The van der Waals surface area contributed by atoms with Crippen molar-refractivity contribution in [1.82, 2.24) is 15.1 Å². The average Bonchev–Trinajstić information content (AvgIpc) is 3.05. The molecule has 0 unspecified atom stereocenters. The van der Waals surface area contributed by atoms with E-state index < -0.39 is 10.0 Å². The van der Waals surface area contributed by atoms with Gasteiger partial charge in [0.1, 0.15) is 11.4 Å². The van der Waals surface area contributed by atoms with E-state index in [4.69, 9.17) is 9.26 Å². The van der Waals surface area contributed by atoms with E-state index in [0.717, 1.165) is 0 Å². The topological polar surface area (TPSA) is 110 Å². The van der Waals surface area contributed by atoms with Gasteiger partial charge in [0.2, 0.25) is 16.0 Å². The molecule has 0 radical (unpaired) electrons. The maximum absolute atomic E-state index is 12.4. The van der Waals surface area contributed by atoms with Crippen LogP contribution >= 0.6 is 0 Å². The van der Waals surface area contributed by atoms with Gasteiger partial charge < -0.3 is 14.2 Å². The molecule has 0 amide bonds. The summed E-state index contributed by atoms with van der Waals surface area (Å²) in [6, 6.07) is 7.12. The number of nitrogens with one attached hydrogen (secondary N) is 1. The fourth-order valence-electron chi connectivity index (χ4n) is 2.74. The Labute approximate surface area is 150 Å². The van der Waals surface area contributed by atoms with Gasteiger partial charge >= 0.3 is 0 Å². The van der Waals surface area contributed by atoms with Crippen molar-refractivity contribution < 1.29 is 17.7 Å². The Kier molecular flexibility index (Phi) is 4.43. The zero-order chi connectivity index (χ0) is 18.0. The highest BCUT2D eigenvalue weighted by Crippen LogP contribution is 2.21. The van der Waals surface area contributed by atoms with Crippen LogP contribution in [0.3, 0.4) is 0 Å². The number of sulfonamides is 1. The minimum Gasteiger partial charge on any atom is -0.378 e. The lowest BCUT2D eigenvalue weighted by molar-refractivity contribution is 0.122. The van der Waals surface area contributed by atoms with E-state index in [1.807, 2.05) is 4.90 Å². The SMILES string of the molecule is O=S(=O)(Cc1noc2ccccc12)Nc1cnc(N2CCOCC2)nc1. The molecule has 1 N–H and O–H groups in total. The maximum atomic E-state index is 12.4. The molecule has 136 valence electrons. The maximum Gasteiger partial charge on any atom is 0.238 e. The summed E-state index contributed by atoms with van der Waals surface area (Å²) in [5.74, 6) is 0.258. The summed E-state index contributed by atoms with van der Waals surface area (Å²) in [6.07, 6.45) is 2.91. The van der Waals surface area contributed by atoms with E-state index in [1.165, 1.54) is 12.4 Å². The minimum absolute atomic E-state index is 0.296. The van der Waals surface area contributed by atoms with E-state index >= 15 is 0 Å². The summed E-state index contributed by atoms with van der Waals surface area (Å²) in [5, 5.41) is 4.53. The number of nitrogens with zero attached hydrogens (tertiary/aromatic N) is 4. The van der Waals surface area contributed by atoms with Crippen LogP contribution in [0.15, 0.2) is 41.2 Å². The Hall–Kier alpha value is -2.72. The number of fused-ring (bicyclic) bond motifs is 1. The van der Waals surface area contributed by atoms with Crippen molar-refractivity contribution >= 4 is 32.6 Å². The Bertz CT molecular complexity index is 997. The van der Waals surface area contributed by atoms with Gasteiger partial charge in [-0.2, -0.15) is 0 Å². The highest BCUT2D eigenvalue weighted by molar-refractivity contribution is 7.91. The Morgan fingerprint density at radius 3 is 2.62 bits per heavy atom. The van der Waals surface area contributed by atoms with Gasteiger partial charge in [-0.1, -0.05) is 17.3 Å². The molecular formula is C16H17N5O4S. The van der Waals surface area contributed by atoms with Gasteiger partial charge in [0.15, 0.2) is 5.58 Å². The summed E-state index contributed by atoms with van der Waals surface area (Å²) in [4.78, 5) is 10.5. The molecule has 1 saturated heterocycles. The third-order valence-corrected chi connectivity index (χ3v) is 5.18. The standard InChI is InChI=1S/C16H17N5O4S/c22-26(23,11-14-13-3-1-2-4-15(13)25-19-14)20-12-9-17-16(18-10-12)21-5-7-24-8-6-21/h1-4,9-10,20H,5-8,11H2. The van der Waals surface area contributed by atoms with Crippen LogP contribution in [-0.2, 0) is 20.5 Å². The molecule has 10 heteroatoms. The zero-order valence-corrected chi connectivity index (χ0v) is 14.6. The van der Waals surface area contributed by atoms with Gasteiger partial charge in [0, 0.05) is 18.5 Å². The van der Waals surface area contributed by atoms with Gasteiger partial charge in [-0.15, -0.1) is 0 Å². The van der Waals surface area contributed by atoms with Crippen LogP contribution in [0.4, 0.5) is 11.6 Å². The largest absolute Gasteiger partial charge is 0.378 e. The van der Waals surface area contributed by atoms with Crippen LogP contribution in [-0.4, -0.2) is 49.8 Å². The van der Waals surface area contributed by atoms with Crippen molar-refractivity contribution in [2.45, 2.75) is 5.75 Å². The van der Waals surface area contributed by atoms with Crippen LogP contribution in [0.25, 0.3) is 11.0 Å². The van der Waals surface area contributed by atoms with Crippen molar-refractivity contribution in [1.29, 1.82) is 0 Å². The van der Waals surface area contributed by atoms with Crippen LogP contribution in [0.1, 0.15) is 5.69 Å². The van der Waals surface area contributed by atoms with E-state index in [0.29, 0.717) is 54.6 Å². The molecule has 3 aromatic rings. The zero-order valence-electron chi connectivity index (χ0n) is 13.8. The second kappa shape index (κ2) is 6.89. The first kappa shape index (κ1) is 16.7. The fraction of sp³-hybridized carbons (Fsp3) is 0.312. The van der Waals surface area contributed by atoms with E-state index in [1.54, 1.807) is 24.3 Å². The smallest absolute Gasteiger partial charge is 0.238 e. The summed E-state index contributed by atoms with van der Waals surface area (Å²) < 4.78 is 37.8. The number of morpholine rings is 1. The second-order valence-electron chi connectivity index (χ2n) is 5.86. The first-order valence-corrected chi connectivity index (χ1v) is 9.74. The quantitative estimate of drug-likeness (QED) is 0.712. The molecule has 0 bridgehead atoms. The molecular weight excluding hydrogens is 358 g/mol. The third-order valence-electron chi connectivity index (χ3n) is 3.98. The molecule has 1 aliphatic rings. The molecule has 1 fully saturated rings. The van der Waals surface area contributed by atoms with Gasteiger partial charge in [0.25, 0.3) is 0 Å². The number of para-hydroxylation sites is 1. The predicted molar refractivity (Wildman–Crippen MR) is 95.3 cm³/mol. The third kappa shape index (κ3) is 3.60. The number of anilines is 2. The molecule has 0 spiro atoms. The molecule has 1 aromatic carbocycles. The molecule has 0 atom stereocenters. The molecule has 4 rings (SSSR count). The lowest BCUT2D eigenvalue weighted by Gasteiger charge is -2.26.